The van der Waals surface area contributed by atoms with Crippen LogP contribution in [-0.4, -0.2) is 4.92 Å². The molecule has 0 amide bonds. The lowest BCUT2D eigenvalue weighted by Crippen LogP contribution is -1.90. The summed E-state index contributed by atoms with van der Waals surface area (Å²) >= 11 is 17.5. The largest absolute Gasteiger partial charge is 0.288 e. The molecular formula is C12H6Cl3NO2. The number of benzene rings is 2. The van der Waals surface area contributed by atoms with E-state index < -0.39 is 4.92 Å². The Balaban J connectivity index is 2.54. The van der Waals surface area contributed by atoms with Crippen LogP contribution in [-0.2, 0) is 0 Å². The van der Waals surface area contributed by atoms with Crippen molar-refractivity contribution in [1.29, 1.82) is 0 Å². The summed E-state index contributed by atoms with van der Waals surface area (Å²) in [6.07, 6.45) is 0. The lowest BCUT2D eigenvalue weighted by atomic mass is 10.1. The molecule has 0 saturated heterocycles. The third kappa shape index (κ3) is 2.58. The van der Waals surface area contributed by atoms with Crippen LogP contribution in [0, 0.1) is 10.1 Å². The van der Waals surface area contributed by atoms with E-state index >= 15 is 0 Å². The standard InChI is InChI=1S/C12H6Cl3NO2/c13-9-3-1-7(5-11(9)15)8-2-4-10(14)12(6-8)16(17)18/h1-6H. The first-order valence-corrected chi connectivity index (χ1v) is 6.02. The Kier molecular flexibility index (Phi) is 3.76. The summed E-state index contributed by atoms with van der Waals surface area (Å²) in [4.78, 5) is 10.3. The second kappa shape index (κ2) is 5.14. The monoisotopic (exact) mass is 301 g/mol. The fourth-order valence-corrected chi connectivity index (χ4v) is 1.99. The molecule has 92 valence electrons. The molecule has 0 bridgehead atoms. The zero-order valence-corrected chi connectivity index (χ0v) is 11.1. The summed E-state index contributed by atoms with van der Waals surface area (Å²) in [5.41, 5.74) is 1.26. The minimum atomic E-state index is -0.524. The van der Waals surface area contributed by atoms with Gasteiger partial charge in [-0.3, -0.25) is 10.1 Å². The smallest absolute Gasteiger partial charge is 0.258 e. The summed E-state index contributed by atoms with van der Waals surface area (Å²) in [5.74, 6) is 0. The van der Waals surface area contributed by atoms with Gasteiger partial charge in [0.2, 0.25) is 0 Å². The van der Waals surface area contributed by atoms with Crippen molar-refractivity contribution in [3.05, 3.63) is 61.6 Å². The highest BCUT2D eigenvalue weighted by Crippen LogP contribution is 2.33. The molecule has 0 fully saturated rings. The molecule has 0 radical (unpaired) electrons. The summed E-state index contributed by atoms with van der Waals surface area (Å²) in [6.45, 7) is 0. The Labute approximate surface area is 118 Å². The Morgan fingerprint density at radius 3 is 1.94 bits per heavy atom. The Morgan fingerprint density at radius 2 is 1.39 bits per heavy atom. The van der Waals surface area contributed by atoms with Gasteiger partial charge in [-0.2, -0.15) is 0 Å². The molecule has 0 aliphatic heterocycles. The van der Waals surface area contributed by atoms with E-state index in [9.17, 15) is 10.1 Å². The molecule has 0 aromatic heterocycles. The summed E-state index contributed by atoms with van der Waals surface area (Å²) in [6, 6.07) is 9.60. The van der Waals surface area contributed by atoms with Gasteiger partial charge >= 0.3 is 0 Å². The molecule has 2 aromatic carbocycles. The maximum absolute atomic E-state index is 10.8. The van der Waals surface area contributed by atoms with Crippen molar-refractivity contribution in [2.24, 2.45) is 0 Å². The summed E-state index contributed by atoms with van der Waals surface area (Å²) < 4.78 is 0. The highest BCUT2D eigenvalue weighted by molar-refractivity contribution is 6.42. The molecule has 2 aromatic rings. The average molecular weight is 303 g/mol. The lowest BCUT2D eigenvalue weighted by Gasteiger charge is -2.04. The Morgan fingerprint density at radius 1 is 0.833 bits per heavy atom. The number of nitrogens with zero attached hydrogens (tertiary/aromatic N) is 1. The Hall–Kier alpha value is -1.29. The van der Waals surface area contributed by atoms with E-state index in [2.05, 4.69) is 0 Å². The van der Waals surface area contributed by atoms with Crippen molar-refractivity contribution in [2.45, 2.75) is 0 Å². The van der Waals surface area contributed by atoms with E-state index in [0.29, 0.717) is 15.6 Å². The molecule has 0 unspecified atom stereocenters. The minimum absolute atomic E-state index is 0.101. The maximum Gasteiger partial charge on any atom is 0.288 e. The zero-order valence-electron chi connectivity index (χ0n) is 8.86. The Bertz CT molecular complexity index is 629. The third-order valence-corrected chi connectivity index (χ3v) is 3.45. The average Bonchev–Trinajstić information content (AvgIpc) is 2.33. The maximum atomic E-state index is 10.8. The van der Waals surface area contributed by atoms with Gasteiger partial charge in [-0.15, -0.1) is 0 Å². The van der Waals surface area contributed by atoms with Crippen LogP contribution in [0.2, 0.25) is 15.1 Å². The quantitative estimate of drug-likeness (QED) is 0.563. The first-order chi connectivity index (χ1) is 8.49. The molecule has 0 atom stereocenters. The molecule has 18 heavy (non-hydrogen) atoms. The van der Waals surface area contributed by atoms with Crippen molar-refractivity contribution in [2.75, 3.05) is 0 Å². The predicted octanol–water partition coefficient (Wildman–Crippen LogP) is 5.22. The van der Waals surface area contributed by atoms with Gasteiger partial charge in [-0.25, -0.2) is 0 Å². The van der Waals surface area contributed by atoms with Crippen LogP contribution < -0.4 is 0 Å². The molecule has 0 spiro atoms. The molecule has 2 rings (SSSR count). The van der Waals surface area contributed by atoms with E-state index in [0.717, 1.165) is 5.56 Å². The highest BCUT2D eigenvalue weighted by Gasteiger charge is 2.13. The van der Waals surface area contributed by atoms with Crippen LogP contribution >= 0.6 is 34.8 Å². The first kappa shape index (κ1) is 13.1. The summed E-state index contributed by atoms with van der Waals surface area (Å²) in [5, 5.41) is 11.7. The number of hydrogen-bond donors (Lipinski definition) is 0. The molecule has 6 heteroatoms. The van der Waals surface area contributed by atoms with Crippen molar-refractivity contribution in [1.82, 2.24) is 0 Å². The van der Waals surface area contributed by atoms with Crippen molar-refractivity contribution in [3.8, 4) is 11.1 Å². The predicted molar refractivity (Wildman–Crippen MR) is 73.6 cm³/mol. The number of halogens is 3. The second-order valence-electron chi connectivity index (χ2n) is 3.55. The second-order valence-corrected chi connectivity index (χ2v) is 4.77. The van der Waals surface area contributed by atoms with Gasteiger partial charge in [-0.1, -0.05) is 46.9 Å². The van der Waals surface area contributed by atoms with Gasteiger partial charge in [0.1, 0.15) is 5.02 Å². The van der Waals surface area contributed by atoms with Crippen molar-refractivity contribution < 1.29 is 4.92 Å². The van der Waals surface area contributed by atoms with Crippen LogP contribution in [0.4, 0.5) is 5.69 Å². The number of nitro groups is 1. The third-order valence-electron chi connectivity index (χ3n) is 2.40. The van der Waals surface area contributed by atoms with Crippen LogP contribution in [0.3, 0.4) is 0 Å². The number of hydrogen-bond acceptors (Lipinski definition) is 2. The van der Waals surface area contributed by atoms with E-state index in [1.54, 1.807) is 24.3 Å². The topological polar surface area (TPSA) is 43.1 Å². The van der Waals surface area contributed by atoms with E-state index in [1.807, 2.05) is 0 Å². The zero-order chi connectivity index (χ0) is 13.3. The van der Waals surface area contributed by atoms with Gasteiger partial charge in [0, 0.05) is 6.07 Å². The first-order valence-electron chi connectivity index (χ1n) is 4.88. The molecule has 0 saturated carbocycles. The molecule has 3 nitrogen and oxygen atoms in total. The fraction of sp³-hybridized carbons (Fsp3) is 0. The van der Waals surface area contributed by atoms with E-state index in [-0.39, 0.29) is 10.7 Å². The van der Waals surface area contributed by atoms with Crippen LogP contribution in [0.25, 0.3) is 11.1 Å². The molecule has 0 heterocycles. The van der Waals surface area contributed by atoms with Gasteiger partial charge in [0.05, 0.1) is 15.0 Å². The normalized spacial score (nSPS) is 10.4. The molecule has 0 aliphatic rings. The van der Waals surface area contributed by atoms with Gasteiger partial charge in [0.15, 0.2) is 0 Å². The molecule has 0 N–H and O–H groups in total. The molecular weight excluding hydrogens is 296 g/mol. The number of rotatable bonds is 2. The van der Waals surface area contributed by atoms with Crippen LogP contribution in [0.1, 0.15) is 0 Å². The van der Waals surface area contributed by atoms with Crippen LogP contribution in [0.5, 0.6) is 0 Å². The van der Waals surface area contributed by atoms with Gasteiger partial charge < -0.3 is 0 Å². The van der Waals surface area contributed by atoms with Crippen molar-refractivity contribution >= 4 is 40.5 Å². The van der Waals surface area contributed by atoms with Crippen LogP contribution in [0.15, 0.2) is 36.4 Å². The van der Waals surface area contributed by atoms with Gasteiger partial charge in [0.25, 0.3) is 5.69 Å². The minimum Gasteiger partial charge on any atom is -0.258 e. The fourth-order valence-electron chi connectivity index (χ4n) is 1.51. The SMILES string of the molecule is O=[N+]([O-])c1cc(-c2ccc(Cl)c(Cl)c2)ccc1Cl. The number of nitro benzene ring substituents is 1. The van der Waals surface area contributed by atoms with Crippen molar-refractivity contribution in [3.63, 3.8) is 0 Å². The summed E-state index contributed by atoms with van der Waals surface area (Å²) in [7, 11) is 0. The van der Waals surface area contributed by atoms with Gasteiger partial charge in [-0.05, 0) is 29.3 Å². The van der Waals surface area contributed by atoms with E-state index in [1.165, 1.54) is 12.1 Å². The molecule has 0 aliphatic carbocycles. The highest BCUT2D eigenvalue weighted by atomic mass is 35.5. The van der Waals surface area contributed by atoms with E-state index in [4.69, 9.17) is 34.8 Å². The lowest BCUT2D eigenvalue weighted by molar-refractivity contribution is -0.384.